The van der Waals surface area contributed by atoms with E-state index in [4.69, 9.17) is 0 Å². The summed E-state index contributed by atoms with van der Waals surface area (Å²) in [6, 6.07) is 19.5. The molecule has 0 spiro atoms. The molecule has 23 heavy (non-hydrogen) atoms. The van der Waals surface area contributed by atoms with Gasteiger partial charge in [-0.05, 0) is 5.56 Å². The van der Waals surface area contributed by atoms with Crippen LogP contribution in [0.1, 0.15) is 18.1 Å². The standard InChI is InChI=1S/C19H19N3O/c1-15(12-19(23)17-10-6-3-7-11-17)13-22-14-18(20-21-22)16-8-4-2-5-9-16/h2-11,14,19,23H,1,12-13H2. The Labute approximate surface area is 135 Å². The van der Waals surface area contributed by atoms with Crippen LogP contribution in [0.4, 0.5) is 0 Å². The van der Waals surface area contributed by atoms with Crippen molar-refractivity contribution in [2.75, 3.05) is 0 Å². The largest absolute Gasteiger partial charge is 0.388 e. The lowest BCUT2D eigenvalue weighted by atomic mass is 10.0. The average molecular weight is 305 g/mol. The first kappa shape index (κ1) is 15.2. The third kappa shape index (κ3) is 3.93. The SMILES string of the molecule is C=C(CC(O)c1ccccc1)Cn1cc(-c2ccccc2)nn1. The molecular formula is C19H19N3O. The molecule has 3 rings (SSSR count). The second kappa shape index (κ2) is 7.03. The predicted molar refractivity (Wildman–Crippen MR) is 90.6 cm³/mol. The molecule has 1 heterocycles. The van der Waals surface area contributed by atoms with Crippen LogP contribution in [0.3, 0.4) is 0 Å². The Morgan fingerprint density at radius 2 is 1.70 bits per heavy atom. The van der Waals surface area contributed by atoms with Crippen LogP contribution < -0.4 is 0 Å². The molecule has 0 bridgehead atoms. The molecule has 0 saturated carbocycles. The summed E-state index contributed by atoms with van der Waals surface area (Å²) < 4.78 is 1.75. The minimum Gasteiger partial charge on any atom is -0.388 e. The smallest absolute Gasteiger partial charge is 0.113 e. The highest BCUT2D eigenvalue weighted by molar-refractivity contribution is 5.57. The Morgan fingerprint density at radius 3 is 2.39 bits per heavy atom. The molecule has 1 N–H and O–H groups in total. The summed E-state index contributed by atoms with van der Waals surface area (Å²) in [5, 5.41) is 18.6. The summed E-state index contributed by atoms with van der Waals surface area (Å²) in [5.41, 5.74) is 3.68. The van der Waals surface area contributed by atoms with Crippen LogP contribution >= 0.6 is 0 Å². The number of nitrogens with zero attached hydrogens (tertiary/aromatic N) is 3. The molecule has 1 aromatic heterocycles. The molecule has 4 heteroatoms. The second-order valence-corrected chi connectivity index (χ2v) is 5.55. The van der Waals surface area contributed by atoms with Crippen LogP contribution in [-0.4, -0.2) is 20.1 Å². The summed E-state index contributed by atoms with van der Waals surface area (Å²) in [6.07, 6.45) is 1.86. The van der Waals surface area contributed by atoms with Gasteiger partial charge in [0.05, 0.1) is 18.8 Å². The van der Waals surface area contributed by atoms with Gasteiger partial charge in [0.2, 0.25) is 0 Å². The molecule has 0 radical (unpaired) electrons. The summed E-state index contributed by atoms with van der Waals surface area (Å²) in [7, 11) is 0. The van der Waals surface area contributed by atoms with Gasteiger partial charge in [-0.1, -0.05) is 78.0 Å². The second-order valence-electron chi connectivity index (χ2n) is 5.55. The Bertz CT molecular complexity index is 766. The molecule has 0 aliphatic heterocycles. The van der Waals surface area contributed by atoms with E-state index in [0.29, 0.717) is 13.0 Å². The monoisotopic (exact) mass is 305 g/mol. The maximum absolute atomic E-state index is 10.2. The third-order valence-electron chi connectivity index (χ3n) is 3.66. The zero-order chi connectivity index (χ0) is 16.1. The third-order valence-corrected chi connectivity index (χ3v) is 3.66. The molecule has 116 valence electrons. The maximum Gasteiger partial charge on any atom is 0.113 e. The lowest BCUT2D eigenvalue weighted by molar-refractivity contribution is 0.176. The zero-order valence-corrected chi connectivity index (χ0v) is 12.8. The van der Waals surface area contributed by atoms with Gasteiger partial charge in [0.15, 0.2) is 0 Å². The fourth-order valence-electron chi connectivity index (χ4n) is 2.48. The van der Waals surface area contributed by atoms with E-state index >= 15 is 0 Å². The minimum atomic E-state index is -0.541. The highest BCUT2D eigenvalue weighted by atomic mass is 16.3. The van der Waals surface area contributed by atoms with Gasteiger partial charge in [-0.15, -0.1) is 5.10 Å². The molecule has 4 nitrogen and oxygen atoms in total. The van der Waals surface area contributed by atoms with Gasteiger partial charge in [0.1, 0.15) is 5.69 Å². The van der Waals surface area contributed by atoms with Crippen LogP contribution in [0.2, 0.25) is 0 Å². The highest BCUT2D eigenvalue weighted by Crippen LogP contribution is 2.21. The van der Waals surface area contributed by atoms with Crippen LogP contribution in [0, 0.1) is 0 Å². The molecule has 1 atom stereocenters. The van der Waals surface area contributed by atoms with E-state index < -0.39 is 6.10 Å². The highest BCUT2D eigenvalue weighted by Gasteiger charge is 2.10. The van der Waals surface area contributed by atoms with Crippen LogP contribution in [0.25, 0.3) is 11.3 Å². The maximum atomic E-state index is 10.2. The fraction of sp³-hybridized carbons (Fsp3) is 0.158. The lowest BCUT2D eigenvalue weighted by Gasteiger charge is -2.12. The van der Waals surface area contributed by atoms with Crippen molar-refractivity contribution in [3.05, 3.63) is 84.6 Å². The molecule has 3 aromatic rings. The summed E-state index contributed by atoms with van der Waals surface area (Å²) in [4.78, 5) is 0. The van der Waals surface area contributed by atoms with Crippen LogP contribution in [0.15, 0.2) is 79.0 Å². The molecule has 1 unspecified atom stereocenters. The first-order chi connectivity index (χ1) is 11.2. The van der Waals surface area contributed by atoms with Gasteiger partial charge in [-0.3, -0.25) is 0 Å². The van der Waals surface area contributed by atoms with Crippen molar-refractivity contribution in [2.24, 2.45) is 0 Å². The molecule has 0 fully saturated rings. The minimum absolute atomic E-state index is 0.505. The van der Waals surface area contributed by atoms with E-state index in [1.165, 1.54) is 0 Å². The molecular weight excluding hydrogens is 286 g/mol. The average Bonchev–Trinajstić information content (AvgIpc) is 3.04. The van der Waals surface area contributed by atoms with Crippen molar-refractivity contribution in [3.63, 3.8) is 0 Å². The van der Waals surface area contributed by atoms with Crippen molar-refractivity contribution >= 4 is 0 Å². The normalized spacial score (nSPS) is 12.0. The number of aromatic nitrogens is 3. The quantitative estimate of drug-likeness (QED) is 0.708. The van der Waals surface area contributed by atoms with Gasteiger partial charge >= 0.3 is 0 Å². The number of aliphatic hydroxyl groups is 1. The van der Waals surface area contributed by atoms with Gasteiger partial charge in [-0.25, -0.2) is 4.68 Å². The Hall–Kier alpha value is -2.72. The molecule has 2 aromatic carbocycles. The number of aliphatic hydroxyl groups excluding tert-OH is 1. The van der Waals surface area contributed by atoms with Crippen LogP contribution in [0.5, 0.6) is 0 Å². The van der Waals surface area contributed by atoms with E-state index in [9.17, 15) is 5.11 Å². The topological polar surface area (TPSA) is 50.9 Å². The molecule has 0 aliphatic carbocycles. The summed E-state index contributed by atoms with van der Waals surface area (Å²) >= 11 is 0. The lowest BCUT2D eigenvalue weighted by Crippen LogP contribution is -2.05. The summed E-state index contributed by atoms with van der Waals surface area (Å²) in [6.45, 7) is 4.59. The van der Waals surface area contributed by atoms with Crippen LogP contribution in [-0.2, 0) is 6.54 Å². The first-order valence-electron chi connectivity index (χ1n) is 7.57. The number of hydrogen-bond acceptors (Lipinski definition) is 3. The first-order valence-corrected chi connectivity index (χ1v) is 7.57. The van der Waals surface area contributed by atoms with Gasteiger partial charge < -0.3 is 5.11 Å². The number of hydrogen-bond donors (Lipinski definition) is 1. The van der Waals surface area contributed by atoms with E-state index in [1.807, 2.05) is 66.9 Å². The van der Waals surface area contributed by atoms with Gasteiger partial charge in [0.25, 0.3) is 0 Å². The Kier molecular flexibility index (Phi) is 4.64. The Balaban J connectivity index is 1.61. The van der Waals surface area contributed by atoms with E-state index in [0.717, 1.165) is 22.4 Å². The van der Waals surface area contributed by atoms with E-state index in [2.05, 4.69) is 16.9 Å². The molecule has 0 aliphatic rings. The summed E-state index contributed by atoms with van der Waals surface area (Å²) in [5.74, 6) is 0. The Morgan fingerprint density at radius 1 is 1.04 bits per heavy atom. The predicted octanol–water partition coefficient (Wildman–Crippen LogP) is 3.63. The number of rotatable bonds is 6. The van der Waals surface area contributed by atoms with Crippen molar-refractivity contribution < 1.29 is 5.11 Å². The molecule has 0 saturated heterocycles. The van der Waals surface area contributed by atoms with Gasteiger partial charge in [0, 0.05) is 12.0 Å². The van der Waals surface area contributed by atoms with E-state index in [1.54, 1.807) is 4.68 Å². The molecule has 0 amide bonds. The van der Waals surface area contributed by atoms with Crippen molar-refractivity contribution in [2.45, 2.75) is 19.1 Å². The van der Waals surface area contributed by atoms with Gasteiger partial charge in [-0.2, -0.15) is 0 Å². The number of benzene rings is 2. The fourth-order valence-corrected chi connectivity index (χ4v) is 2.48. The zero-order valence-electron chi connectivity index (χ0n) is 12.8. The van der Waals surface area contributed by atoms with Crippen molar-refractivity contribution in [1.29, 1.82) is 0 Å². The van der Waals surface area contributed by atoms with Crippen molar-refractivity contribution in [3.8, 4) is 11.3 Å². The van der Waals surface area contributed by atoms with Crippen molar-refractivity contribution in [1.82, 2.24) is 15.0 Å². The van der Waals surface area contributed by atoms with E-state index in [-0.39, 0.29) is 0 Å².